The van der Waals surface area contributed by atoms with Crippen LogP contribution in [-0.4, -0.2) is 43.5 Å². The lowest BCUT2D eigenvalue weighted by molar-refractivity contribution is -0.145. The first-order valence-corrected chi connectivity index (χ1v) is 9.18. The number of benzene rings is 1. The Morgan fingerprint density at radius 1 is 1.04 bits per heavy atom. The highest BCUT2D eigenvalue weighted by molar-refractivity contribution is 7.90. The van der Waals surface area contributed by atoms with Gasteiger partial charge in [-0.05, 0) is 24.3 Å². The first-order valence-electron chi connectivity index (χ1n) is 7.70. The number of aliphatic carboxylic acids is 1. The van der Waals surface area contributed by atoms with E-state index in [1.54, 1.807) is 12.2 Å². The number of sulfonamides is 1. The van der Waals surface area contributed by atoms with Crippen LogP contribution in [0.1, 0.15) is 6.92 Å². The molecule has 138 valence electrons. The average molecular weight is 380 g/mol. The maximum atomic E-state index is 12.5. The zero-order chi connectivity index (χ0) is 19.1. The molecule has 1 saturated heterocycles. The van der Waals surface area contributed by atoms with E-state index in [4.69, 9.17) is 4.74 Å². The Balaban J connectivity index is 1.73. The molecule has 26 heavy (non-hydrogen) atoms. The lowest BCUT2D eigenvalue weighted by atomic mass is 9.82. The predicted molar refractivity (Wildman–Crippen MR) is 88.5 cm³/mol. The zero-order valence-electron chi connectivity index (χ0n) is 13.6. The SMILES string of the molecule is CC(=O)NS(=O)(=O)c1ccc(NC(=O)C2C3C=CC(O3)C2C(=O)O)cc1. The fraction of sp³-hybridized carbons (Fsp3) is 0.312. The van der Waals surface area contributed by atoms with Crippen LogP contribution in [0, 0.1) is 11.8 Å². The summed E-state index contributed by atoms with van der Waals surface area (Å²) in [5.41, 5.74) is 0.299. The molecule has 0 spiro atoms. The number of hydrogen-bond donors (Lipinski definition) is 3. The van der Waals surface area contributed by atoms with Crippen molar-refractivity contribution >= 4 is 33.5 Å². The largest absolute Gasteiger partial charge is 0.481 e. The lowest BCUT2D eigenvalue weighted by Crippen LogP contribution is -2.39. The fourth-order valence-electron chi connectivity index (χ4n) is 3.11. The topological polar surface area (TPSA) is 139 Å². The van der Waals surface area contributed by atoms with Crippen LogP contribution in [-0.2, 0) is 29.1 Å². The molecule has 1 fully saturated rings. The number of nitrogens with one attached hydrogen (secondary N) is 2. The van der Waals surface area contributed by atoms with Crippen LogP contribution in [0.3, 0.4) is 0 Å². The number of rotatable bonds is 5. The van der Waals surface area contributed by atoms with E-state index in [1.807, 2.05) is 4.72 Å². The van der Waals surface area contributed by atoms with E-state index < -0.39 is 51.9 Å². The van der Waals surface area contributed by atoms with Gasteiger partial charge in [-0.25, -0.2) is 13.1 Å². The van der Waals surface area contributed by atoms with Gasteiger partial charge >= 0.3 is 5.97 Å². The predicted octanol–water partition coefficient (Wildman–Crippen LogP) is 0.104. The van der Waals surface area contributed by atoms with E-state index in [9.17, 15) is 27.9 Å². The molecule has 4 atom stereocenters. The summed E-state index contributed by atoms with van der Waals surface area (Å²) >= 11 is 0. The van der Waals surface area contributed by atoms with Crippen LogP contribution in [0.2, 0.25) is 0 Å². The molecule has 10 heteroatoms. The van der Waals surface area contributed by atoms with Crippen molar-refractivity contribution in [2.75, 3.05) is 5.32 Å². The Morgan fingerprint density at radius 2 is 1.62 bits per heavy atom. The van der Waals surface area contributed by atoms with E-state index in [1.165, 1.54) is 24.3 Å². The molecule has 3 N–H and O–H groups in total. The molecule has 2 amide bonds. The molecule has 2 bridgehead atoms. The molecule has 1 aromatic carbocycles. The number of anilines is 1. The number of hydrogen-bond acceptors (Lipinski definition) is 6. The van der Waals surface area contributed by atoms with Gasteiger partial charge in [-0.1, -0.05) is 12.2 Å². The highest BCUT2D eigenvalue weighted by Gasteiger charge is 2.53. The Morgan fingerprint density at radius 3 is 2.15 bits per heavy atom. The third kappa shape index (κ3) is 3.33. The van der Waals surface area contributed by atoms with Crippen LogP contribution >= 0.6 is 0 Å². The van der Waals surface area contributed by atoms with Gasteiger partial charge < -0.3 is 15.2 Å². The summed E-state index contributed by atoms with van der Waals surface area (Å²) < 4.78 is 31.0. The number of carbonyl (C=O) groups excluding carboxylic acids is 2. The van der Waals surface area contributed by atoms with Crippen LogP contribution < -0.4 is 10.0 Å². The maximum absolute atomic E-state index is 12.5. The normalized spacial score (nSPS) is 26.5. The maximum Gasteiger partial charge on any atom is 0.310 e. The van der Waals surface area contributed by atoms with Gasteiger partial charge in [0.2, 0.25) is 11.8 Å². The third-order valence-electron chi connectivity index (χ3n) is 4.20. The minimum atomic E-state index is -3.97. The summed E-state index contributed by atoms with van der Waals surface area (Å²) in [5, 5.41) is 11.9. The van der Waals surface area contributed by atoms with Gasteiger partial charge in [0, 0.05) is 12.6 Å². The summed E-state index contributed by atoms with van der Waals surface area (Å²) in [4.78, 5) is 34.7. The number of fused-ring (bicyclic) bond motifs is 2. The van der Waals surface area contributed by atoms with E-state index in [0.29, 0.717) is 5.69 Å². The van der Waals surface area contributed by atoms with Crippen LogP contribution in [0.5, 0.6) is 0 Å². The minimum Gasteiger partial charge on any atom is -0.481 e. The summed E-state index contributed by atoms with van der Waals surface area (Å²) in [6.07, 6.45) is 2.07. The lowest BCUT2D eigenvalue weighted by Gasteiger charge is -2.21. The van der Waals surface area contributed by atoms with Gasteiger partial charge in [0.25, 0.3) is 10.0 Å². The first-order chi connectivity index (χ1) is 12.2. The molecule has 0 aliphatic carbocycles. The summed E-state index contributed by atoms with van der Waals surface area (Å²) in [5.74, 6) is -4.19. The molecule has 3 rings (SSSR count). The monoisotopic (exact) mass is 380 g/mol. The van der Waals surface area contributed by atoms with E-state index in [-0.39, 0.29) is 4.90 Å². The Labute approximate surface area is 149 Å². The van der Waals surface area contributed by atoms with Gasteiger partial charge in [0.05, 0.1) is 23.0 Å². The average Bonchev–Trinajstić information content (AvgIpc) is 3.15. The van der Waals surface area contributed by atoms with Crippen molar-refractivity contribution in [1.82, 2.24) is 4.72 Å². The van der Waals surface area contributed by atoms with Gasteiger partial charge in [0.15, 0.2) is 0 Å². The number of amides is 2. The van der Waals surface area contributed by atoms with Gasteiger partial charge in [0.1, 0.15) is 5.92 Å². The third-order valence-corrected chi connectivity index (χ3v) is 5.65. The molecule has 0 saturated carbocycles. The van der Waals surface area contributed by atoms with E-state index in [2.05, 4.69) is 5.32 Å². The number of carboxylic acid groups (broad SMARTS) is 1. The summed E-state index contributed by atoms with van der Waals surface area (Å²) in [6.45, 7) is 1.08. The molecular formula is C16H16N2O7S. The Kier molecular flexibility index (Phi) is 4.55. The zero-order valence-corrected chi connectivity index (χ0v) is 14.4. The van der Waals surface area contributed by atoms with E-state index >= 15 is 0 Å². The van der Waals surface area contributed by atoms with Crippen molar-refractivity contribution in [2.24, 2.45) is 11.8 Å². The van der Waals surface area contributed by atoms with Crippen LogP contribution in [0.15, 0.2) is 41.3 Å². The molecule has 4 unspecified atom stereocenters. The molecule has 0 radical (unpaired) electrons. The van der Waals surface area contributed by atoms with Crippen molar-refractivity contribution < 1.29 is 32.6 Å². The second kappa shape index (κ2) is 6.54. The van der Waals surface area contributed by atoms with Crippen molar-refractivity contribution in [3.63, 3.8) is 0 Å². The Hall–Kier alpha value is -2.72. The standard InChI is InChI=1S/C16H16N2O7S/c1-8(19)18-26(23,24)10-4-2-9(3-5-10)17-15(20)13-11-6-7-12(25-11)14(13)16(21)22/h2-7,11-14H,1H3,(H,17,20)(H,18,19)(H,21,22). The van der Waals surface area contributed by atoms with Crippen molar-refractivity contribution in [1.29, 1.82) is 0 Å². The molecule has 2 aliphatic rings. The highest BCUT2D eigenvalue weighted by Crippen LogP contribution is 2.39. The quantitative estimate of drug-likeness (QED) is 0.616. The van der Waals surface area contributed by atoms with Gasteiger partial charge in [-0.2, -0.15) is 0 Å². The van der Waals surface area contributed by atoms with Gasteiger partial charge in [-0.15, -0.1) is 0 Å². The smallest absolute Gasteiger partial charge is 0.310 e. The number of carbonyl (C=O) groups is 3. The van der Waals surface area contributed by atoms with Crippen LogP contribution in [0.4, 0.5) is 5.69 Å². The van der Waals surface area contributed by atoms with Crippen molar-refractivity contribution in [2.45, 2.75) is 24.0 Å². The second-order valence-electron chi connectivity index (χ2n) is 6.02. The van der Waals surface area contributed by atoms with Gasteiger partial charge in [-0.3, -0.25) is 14.4 Å². The molecule has 2 heterocycles. The Bertz CT molecular complexity index is 892. The molecule has 0 aromatic heterocycles. The second-order valence-corrected chi connectivity index (χ2v) is 7.70. The summed E-state index contributed by atoms with van der Waals surface area (Å²) in [6, 6.07) is 5.16. The minimum absolute atomic E-state index is 0.139. The van der Waals surface area contributed by atoms with Crippen LogP contribution in [0.25, 0.3) is 0 Å². The van der Waals surface area contributed by atoms with Crippen molar-refractivity contribution in [3.8, 4) is 0 Å². The molecule has 1 aromatic rings. The highest BCUT2D eigenvalue weighted by atomic mass is 32.2. The van der Waals surface area contributed by atoms with Crippen molar-refractivity contribution in [3.05, 3.63) is 36.4 Å². The first kappa shape index (κ1) is 18.1. The summed E-state index contributed by atoms with van der Waals surface area (Å²) in [7, 11) is -3.97. The fourth-order valence-corrected chi connectivity index (χ4v) is 4.10. The number of ether oxygens (including phenoxy) is 1. The molecule has 9 nitrogen and oxygen atoms in total. The molecule has 2 aliphatic heterocycles. The number of carboxylic acids is 1. The molecular weight excluding hydrogens is 364 g/mol. The van der Waals surface area contributed by atoms with E-state index in [0.717, 1.165) is 6.92 Å².